The zero-order valence-electron chi connectivity index (χ0n) is 10.8. The highest BCUT2D eigenvalue weighted by Crippen LogP contribution is 2.30. The predicted molar refractivity (Wildman–Crippen MR) is 73.7 cm³/mol. The molecule has 6 heteroatoms. The molecule has 5 nitrogen and oxygen atoms in total. The Kier molecular flexibility index (Phi) is 4.07. The van der Waals surface area contributed by atoms with Crippen LogP contribution in [-0.4, -0.2) is 25.2 Å². The van der Waals surface area contributed by atoms with Crippen molar-refractivity contribution in [3.8, 4) is 0 Å². The van der Waals surface area contributed by atoms with Gasteiger partial charge in [-0.1, -0.05) is 37.1 Å². The molecule has 19 heavy (non-hydrogen) atoms. The van der Waals surface area contributed by atoms with Crippen LogP contribution in [0.15, 0.2) is 29.7 Å². The molecule has 1 saturated carbocycles. The fourth-order valence-electron chi connectivity index (χ4n) is 2.47. The molecule has 0 radical (unpaired) electrons. The van der Waals surface area contributed by atoms with Crippen LogP contribution in [0.5, 0.6) is 0 Å². The zero-order chi connectivity index (χ0) is 12.9. The molecule has 2 heterocycles. The van der Waals surface area contributed by atoms with Crippen molar-refractivity contribution in [1.82, 2.24) is 25.2 Å². The van der Waals surface area contributed by atoms with Gasteiger partial charge in [0.25, 0.3) is 0 Å². The Balaban J connectivity index is 1.66. The number of nitrogens with zero attached hydrogens (tertiary/aromatic N) is 5. The highest BCUT2D eigenvalue weighted by molar-refractivity contribution is 7.98. The van der Waals surface area contributed by atoms with Crippen molar-refractivity contribution in [2.24, 2.45) is 0 Å². The Morgan fingerprint density at radius 2 is 2.16 bits per heavy atom. The Bertz CT molecular complexity index is 507. The number of hydrogen-bond donors (Lipinski definition) is 0. The van der Waals surface area contributed by atoms with Gasteiger partial charge < -0.3 is 0 Å². The van der Waals surface area contributed by atoms with E-state index in [2.05, 4.69) is 26.6 Å². The molecule has 1 aliphatic rings. The van der Waals surface area contributed by atoms with Crippen LogP contribution in [0.25, 0.3) is 0 Å². The van der Waals surface area contributed by atoms with Gasteiger partial charge in [-0.05, 0) is 34.9 Å². The normalized spacial score (nSPS) is 16.6. The molecule has 0 atom stereocenters. The Labute approximate surface area is 116 Å². The first-order valence-electron chi connectivity index (χ1n) is 6.73. The van der Waals surface area contributed by atoms with Crippen molar-refractivity contribution in [2.75, 3.05) is 0 Å². The zero-order valence-corrected chi connectivity index (χ0v) is 11.6. The van der Waals surface area contributed by atoms with Gasteiger partial charge in [0.1, 0.15) is 0 Å². The lowest BCUT2D eigenvalue weighted by Crippen LogP contribution is -2.15. The number of hydrogen-bond acceptors (Lipinski definition) is 5. The summed E-state index contributed by atoms with van der Waals surface area (Å²) >= 11 is 1.69. The van der Waals surface area contributed by atoms with E-state index < -0.39 is 0 Å². The van der Waals surface area contributed by atoms with E-state index in [1.54, 1.807) is 18.0 Å². The molecule has 0 spiro atoms. The average Bonchev–Trinajstić information content (AvgIpc) is 2.95. The van der Waals surface area contributed by atoms with E-state index in [1.165, 1.54) is 37.7 Å². The lowest BCUT2D eigenvalue weighted by Gasteiger charge is -2.21. The van der Waals surface area contributed by atoms with Crippen molar-refractivity contribution in [3.63, 3.8) is 0 Å². The highest BCUT2D eigenvalue weighted by atomic mass is 32.2. The third kappa shape index (κ3) is 3.12. The van der Waals surface area contributed by atoms with Crippen LogP contribution in [0.3, 0.4) is 0 Å². The number of tetrazole rings is 1. The summed E-state index contributed by atoms with van der Waals surface area (Å²) in [4.78, 5) is 4.13. The van der Waals surface area contributed by atoms with E-state index in [4.69, 9.17) is 0 Å². The van der Waals surface area contributed by atoms with E-state index in [0.29, 0.717) is 6.04 Å². The molecule has 0 aromatic carbocycles. The topological polar surface area (TPSA) is 56.5 Å². The van der Waals surface area contributed by atoms with Crippen LogP contribution in [0.4, 0.5) is 0 Å². The molecule has 1 aliphatic carbocycles. The first-order chi connectivity index (χ1) is 9.43. The third-order valence-electron chi connectivity index (χ3n) is 3.47. The van der Waals surface area contributed by atoms with Gasteiger partial charge in [0.05, 0.1) is 6.04 Å². The summed E-state index contributed by atoms with van der Waals surface area (Å²) in [6, 6.07) is 4.52. The summed E-state index contributed by atoms with van der Waals surface area (Å²) in [7, 11) is 0. The second kappa shape index (κ2) is 6.14. The summed E-state index contributed by atoms with van der Waals surface area (Å²) < 4.78 is 2.01. The maximum Gasteiger partial charge on any atom is 0.209 e. The summed E-state index contributed by atoms with van der Waals surface area (Å²) in [5, 5.41) is 13.1. The van der Waals surface area contributed by atoms with Crippen LogP contribution in [0, 0.1) is 0 Å². The van der Waals surface area contributed by atoms with E-state index in [0.717, 1.165) is 10.9 Å². The molecule has 0 amide bonds. The average molecular weight is 275 g/mol. The van der Waals surface area contributed by atoms with Crippen LogP contribution >= 0.6 is 11.8 Å². The number of aromatic nitrogens is 5. The van der Waals surface area contributed by atoms with Gasteiger partial charge in [-0.2, -0.15) is 0 Å². The molecule has 100 valence electrons. The molecule has 0 aliphatic heterocycles. The second-order valence-corrected chi connectivity index (χ2v) is 5.79. The Morgan fingerprint density at radius 1 is 1.26 bits per heavy atom. The third-order valence-corrected chi connectivity index (χ3v) is 4.48. The predicted octanol–water partition coefficient (Wildman–Crippen LogP) is 2.87. The largest absolute Gasteiger partial charge is 0.264 e. The number of thioether (sulfide) groups is 1. The van der Waals surface area contributed by atoms with Gasteiger partial charge in [0.2, 0.25) is 5.16 Å². The Hall–Kier alpha value is -1.43. The molecule has 2 aromatic rings. The minimum atomic E-state index is 0.486. The molecule has 0 bridgehead atoms. The quantitative estimate of drug-likeness (QED) is 0.803. The van der Waals surface area contributed by atoms with Crippen LogP contribution in [0.1, 0.15) is 43.7 Å². The lowest BCUT2D eigenvalue weighted by molar-refractivity contribution is 0.307. The van der Waals surface area contributed by atoms with Gasteiger partial charge in [-0.3, -0.25) is 4.98 Å². The first-order valence-corrected chi connectivity index (χ1v) is 7.71. The summed E-state index contributed by atoms with van der Waals surface area (Å²) in [6.45, 7) is 0. The van der Waals surface area contributed by atoms with Crippen LogP contribution in [0.2, 0.25) is 0 Å². The molecule has 2 aromatic heterocycles. The standard InChI is InChI=1S/C13H17N5S/c1-2-6-12(7-3-1)18-13(15-16-17-18)19-10-11-5-4-8-14-9-11/h4-5,8-9,12H,1-3,6-7,10H2. The molecule has 1 fully saturated rings. The van der Waals surface area contributed by atoms with Gasteiger partial charge in [-0.15, -0.1) is 5.10 Å². The van der Waals surface area contributed by atoms with E-state index in [1.807, 2.05) is 16.9 Å². The minimum absolute atomic E-state index is 0.486. The molecular formula is C13H17N5S. The summed E-state index contributed by atoms with van der Waals surface area (Å²) in [5.74, 6) is 0.862. The van der Waals surface area contributed by atoms with E-state index >= 15 is 0 Å². The molecule has 0 unspecified atom stereocenters. The fraction of sp³-hybridized carbons (Fsp3) is 0.538. The van der Waals surface area contributed by atoms with Gasteiger partial charge in [-0.25, -0.2) is 4.68 Å². The first kappa shape index (κ1) is 12.6. The maximum absolute atomic E-state index is 4.17. The fourth-order valence-corrected chi connectivity index (χ4v) is 3.35. The smallest absolute Gasteiger partial charge is 0.209 e. The molecule has 3 rings (SSSR count). The molecular weight excluding hydrogens is 258 g/mol. The summed E-state index contributed by atoms with van der Waals surface area (Å²) in [6.07, 6.45) is 10.0. The van der Waals surface area contributed by atoms with Crippen LogP contribution in [-0.2, 0) is 5.75 Å². The van der Waals surface area contributed by atoms with E-state index in [9.17, 15) is 0 Å². The maximum atomic E-state index is 4.17. The summed E-state index contributed by atoms with van der Waals surface area (Å²) in [5.41, 5.74) is 1.20. The van der Waals surface area contributed by atoms with Gasteiger partial charge in [0, 0.05) is 18.1 Å². The van der Waals surface area contributed by atoms with Crippen LogP contribution < -0.4 is 0 Å². The van der Waals surface area contributed by atoms with Crippen molar-refractivity contribution in [3.05, 3.63) is 30.1 Å². The van der Waals surface area contributed by atoms with Crippen molar-refractivity contribution in [1.29, 1.82) is 0 Å². The monoisotopic (exact) mass is 275 g/mol. The number of pyridine rings is 1. The van der Waals surface area contributed by atoms with Crippen molar-refractivity contribution >= 4 is 11.8 Å². The highest BCUT2D eigenvalue weighted by Gasteiger charge is 2.20. The van der Waals surface area contributed by atoms with Gasteiger partial charge >= 0.3 is 0 Å². The van der Waals surface area contributed by atoms with Crippen molar-refractivity contribution < 1.29 is 0 Å². The Morgan fingerprint density at radius 3 is 2.95 bits per heavy atom. The minimum Gasteiger partial charge on any atom is -0.264 e. The molecule has 0 N–H and O–H groups in total. The van der Waals surface area contributed by atoms with Crippen molar-refractivity contribution in [2.45, 2.75) is 49.1 Å². The second-order valence-electron chi connectivity index (χ2n) is 4.85. The van der Waals surface area contributed by atoms with Gasteiger partial charge in [0.15, 0.2) is 0 Å². The molecule has 0 saturated heterocycles. The lowest BCUT2D eigenvalue weighted by atomic mass is 9.96. The SMILES string of the molecule is c1cncc(CSc2nnnn2C2CCCCC2)c1. The number of rotatable bonds is 4. The van der Waals surface area contributed by atoms with E-state index in [-0.39, 0.29) is 0 Å².